The molecule has 4 rings (SSSR count). The lowest BCUT2D eigenvalue weighted by Crippen LogP contribution is -2.49. The molecule has 0 unspecified atom stereocenters. The Bertz CT molecular complexity index is 1170. The predicted molar refractivity (Wildman–Crippen MR) is 133 cm³/mol. The minimum atomic E-state index is -0.389. The van der Waals surface area contributed by atoms with Crippen LogP contribution in [0.5, 0.6) is 0 Å². The van der Waals surface area contributed by atoms with Crippen molar-refractivity contribution in [3.63, 3.8) is 0 Å². The van der Waals surface area contributed by atoms with E-state index < -0.39 is 0 Å². The van der Waals surface area contributed by atoms with Crippen LogP contribution < -0.4 is 4.90 Å². The average Bonchev–Trinajstić information content (AvgIpc) is 3.39. The van der Waals surface area contributed by atoms with E-state index in [-0.39, 0.29) is 16.5 Å². The third kappa shape index (κ3) is 5.67. The molecule has 3 aromatic rings. The molecule has 1 aliphatic heterocycles. The number of non-ortho nitro benzene ring substituents is 1. The first kappa shape index (κ1) is 24.4. The van der Waals surface area contributed by atoms with Crippen LogP contribution in [-0.4, -0.2) is 51.9 Å². The number of rotatable bonds is 8. The molecule has 3 heterocycles. The van der Waals surface area contributed by atoms with Crippen LogP contribution >= 0.6 is 0 Å². The van der Waals surface area contributed by atoms with Crippen LogP contribution in [0, 0.1) is 16.0 Å². The number of anilines is 1. The molecule has 1 saturated heterocycles. The number of nitro benzene ring substituents is 1. The zero-order chi connectivity index (χ0) is 24.9. The lowest BCUT2D eigenvalue weighted by atomic mass is 10.0. The van der Waals surface area contributed by atoms with Gasteiger partial charge < -0.3 is 14.2 Å². The van der Waals surface area contributed by atoms with Crippen molar-refractivity contribution < 1.29 is 14.1 Å². The summed E-state index contributed by atoms with van der Waals surface area (Å²) in [5, 5.41) is 11.1. The Morgan fingerprint density at radius 1 is 1.11 bits per heavy atom. The van der Waals surface area contributed by atoms with Crippen molar-refractivity contribution in [3.8, 4) is 0 Å². The lowest BCUT2D eigenvalue weighted by Gasteiger charge is -2.36. The van der Waals surface area contributed by atoms with Gasteiger partial charge in [-0.05, 0) is 30.0 Å². The summed E-state index contributed by atoms with van der Waals surface area (Å²) in [5.74, 6) is 2.41. The van der Waals surface area contributed by atoms with E-state index in [0.29, 0.717) is 44.3 Å². The van der Waals surface area contributed by atoms with Gasteiger partial charge in [0, 0.05) is 62.4 Å². The molecule has 184 valence electrons. The maximum atomic E-state index is 12.7. The van der Waals surface area contributed by atoms with Crippen LogP contribution in [-0.2, 0) is 19.3 Å². The topological polar surface area (TPSA) is 106 Å². The van der Waals surface area contributed by atoms with Crippen LogP contribution in [0.15, 0.2) is 47.1 Å². The normalized spacial score (nSPS) is 13.9. The smallest absolute Gasteiger partial charge is 0.289 e. The fraction of sp³-hybridized carbons (Fsp3) is 0.423. The Morgan fingerprint density at radius 3 is 2.40 bits per heavy atom. The summed E-state index contributed by atoms with van der Waals surface area (Å²) in [6.07, 6.45) is 3.65. The summed E-state index contributed by atoms with van der Waals surface area (Å²) in [6, 6.07) is 10.1. The largest absolute Gasteiger partial charge is 0.459 e. The first-order valence-electron chi connectivity index (χ1n) is 12.1. The van der Waals surface area contributed by atoms with Crippen molar-refractivity contribution in [2.24, 2.45) is 5.92 Å². The van der Waals surface area contributed by atoms with Crippen LogP contribution in [0.3, 0.4) is 0 Å². The molecule has 1 aromatic carbocycles. The highest BCUT2D eigenvalue weighted by atomic mass is 16.6. The second-order valence-electron chi connectivity index (χ2n) is 9.20. The van der Waals surface area contributed by atoms with E-state index in [1.807, 2.05) is 4.90 Å². The zero-order valence-corrected chi connectivity index (χ0v) is 20.4. The predicted octanol–water partition coefficient (Wildman–Crippen LogP) is 4.29. The van der Waals surface area contributed by atoms with Crippen molar-refractivity contribution in [2.45, 2.75) is 40.0 Å². The molecule has 0 spiro atoms. The lowest BCUT2D eigenvalue weighted by molar-refractivity contribution is -0.384. The van der Waals surface area contributed by atoms with E-state index in [9.17, 15) is 14.9 Å². The SMILES string of the molecule is CCc1nc(CC(C)C)nc(N2CCN(C(=O)c3ccco3)CC2)c1Cc1ccc([N+](=O)[O-])cc1. The van der Waals surface area contributed by atoms with Crippen molar-refractivity contribution in [3.05, 3.63) is 81.2 Å². The molecule has 0 saturated carbocycles. The Balaban J connectivity index is 1.62. The summed E-state index contributed by atoms with van der Waals surface area (Å²) in [7, 11) is 0. The van der Waals surface area contributed by atoms with Crippen molar-refractivity contribution >= 4 is 17.4 Å². The van der Waals surface area contributed by atoms with Crippen LogP contribution in [0.25, 0.3) is 0 Å². The third-order valence-electron chi connectivity index (χ3n) is 6.17. The summed E-state index contributed by atoms with van der Waals surface area (Å²) < 4.78 is 5.28. The van der Waals surface area contributed by atoms with E-state index in [1.165, 1.54) is 18.4 Å². The van der Waals surface area contributed by atoms with Gasteiger partial charge >= 0.3 is 0 Å². The summed E-state index contributed by atoms with van der Waals surface area (Å²) in [5.41, 5.74) is 3.08. The number of furan rings is 1. The average molecular weight is 478 g/mol. The molecule has 1 amide bonds. The van der Waals surface area contributed by atoms with E-state index in [2.05, 4.69) is 25.7 Å². The van der Waals surface area contributed by atoms with Gasteiger partial charge in [-0.15, -0.1) is 0 Å². The molecule has 0 atom stereocenters. The van der Waals surface area contributed by atoms with Gasteiger partial charge in [0.1, 0.15) is 11.6 Å². The highest BCUT2D eigenvalue weighted by molar-refractivity contribution is 5.91. The Labute approximate surface area is 204 Å². The van der Waals surface area contributed by atoms with Gasteiger partial charge in [-0.2, -0.15) is 0 Å². The second kappa shape index (κ2) is 10.7. The zero-order valence-electron chi connectivity index (χ0n) is 20.4. The van der Waals surface area contributed by atoms with Gasteiger partial charge in [0.05, 0.1) is 11.2 Å². The van der Waals surface area contributed by atoms with E-state index >= 15 is 0 Å². The number of hydrogen-bond acceptors (Lipinski definition) is 7. The summed E-state index contributed by atoms with van der Waals surface area (Å²) in [6.45, 7) is 8.84. The number of nitrogens with zero attached hydrogens (tertiary/aromatic N) is 5. The van der Waals surface area contributed by atoms with E-state index in [0.717, 1.165) is 41.3 Å². The number of aromatic nitrogens is 2. The molecule has 1 aliphatic rings. The van der Waals surface area contributed by atoms with Gasteiger partial charge in [0.2, 0.25) is 0 Å². The molecule has 2 aromatic heterocycles. The Kier molecular flexibility index (Phi) is 7.43. The molecule has 0 radical (unpaired) electrons. The summed E-state index contributed by atoms with van der Waals surface area (Å²) >= 11 is 0. The van der Waals surface area contributed by atoms with E-state index in [4.69, 9.17) is 14.4 Å². The van der Waals surface area contributed by atoms with Gasteiger partial charge in [0.15, 0.2) is 5.76 Å². The maximum absolute atomic E-state index is 12.7. The summed E-state index contributed by atoms with van der Waals surface area (Å²) in [4.78, 5) is 37.3. The molecular formula is C26H31N5O4. The fourth-order valence-electron chi connectivity index (χ4n) is 4.38. The molecule has 0 bridgehead atoms. The van der Waals surface area contributed by atoms with Crippen LogP contribution in [0.2, 0.25) is 0 Å². The Morgan fingerprint density at radius 2 is 1.83 bits per heavy atom. The fourth-order valence-corrected chi connectivity index (χ4v) is 4.38. The molecule has 9 nitrogen and oxygen atoms in total. The number of benzene rings is 1. The first-order valence-corrected chi connectivity index (χ1v) is 12.1. The number of nitro groups is 1. The van der Waals surface area contributed by atoms with Crippen molar-refractivity contribution in [1.82, 2.24) is 14.9 Å². The number of carbonyl (C=O) groups excluding carboxylic acids is 1. The Hall–Kier alpha value is -3.75. The number of piperazine rings is 1. The van der Waals surface area contributed by atoms with Crippen LogP contribution in [0.1, 0.15) is 54.0 Å². The number of carbonyl (C=O) groups is 1. The highest BCUT2D eigenvalue weighted by Crippen LogP contribution is 2.27. The monoisotopic (exact) mass is 477 g/mol. The molecule has 1 fully saturated rings. The van der Waals surface area contributed by atoms with Gasteiger partial charge in [-0.25, -0.2) is 9.97 Å². The number of hydrogen-bond donors (Lipinski definition) is 0. The molecular weight excluding hydrogens is 446 g/mol. The standard InChI is InChI=1S/C26H31N5O4/c1-4-22-21(17-19-7-9-20(10-8-19)31(33)34)25(28-24(27-22)16-18(2)3)29-11-13-30(14-12-29)26(32)23-6-5-15-35-23/h5-10,15,18H,4,11-14,16-17H2,1-3H3. The maximum Gasteiger partial charge on any atom is 0.289 e. The number of aryl methyl sites for hydroxylation is 1. The second-order valence-corrected chi connectivity index (χ2v) is 9.20. The quantitative estimate of drug-likeness (QED) is 0.352. The first-order chi connectivity index (χ1) is 16.9. The number of amides is 1. The molecule has 0 N–H and O–H groups in total. The minimum Gasteiger partial charge on any atom is -0.459 e. The molecule has 35 heavy (non-hydrogen) atoms. The minimum absolute atomic E-state index is 0.0746. The van der Waals surface area contributed by atoms with Crippen molar-refractivity contribution in [2.75, 3.05) is 31.1 Å². The van der Waals surface area contributed by atoms with Crippen LogP contribution in [0.4, 0.5) is 11.5 Å². The van der Waals surface area contributed by atoms with Gasteiger partial charge in [-0.1, -0.05) is 32.9 Å². The third-order valence-corrected chi connectivity index (χ3v) is 6.17. The highest BCUT2D eigenvalue weighted by Gasteiger charge is 2.27. The van der Waals surface area contributed by atoms with Crippen molar-refractivity contribution in [1.29, 1.82) is 0 Å². The van der Waals surface area contributed by atoms with E-state index in [1.54, 1.807) is 24.3 Å². The van der Waals surface area contributed by atoms with Gasteiger partial charge in [-0.3, -0.25) is 14.9 Å². The molecule has 0 aliphatic carbocycles. The van der Waals surface area contributed by atoms with Gasteiger partial charge in [0.25, 0.3) is 11.6 Å². The molecule has 9 heteroatoms.